The first-order valence-electron chi connectivity index (χ1n) is 5.95. The summed E-state index contributed by atoms with van der Waals surface area (Å²) in [6.45, 7) is 0. The number of hydrogen-bond acceptors (Lipinski definition) is 4. The van der Waals surface area contributed by atoms with Crippen molar-refractivity contribution in [3.63, 3.8) is 0 Å². The monoisotopic (exact) mass is 329 g/mol. The average molecular weight is 330 g/mol. The van der Waals surface area contributed by atoms with Crippen LogP contribution < -0.4 is 19.9 Å². The molecule has 1 rings (SSSR count). The zero-order valence-electron chi connectivity index (χ0n) is 12.0. The SMILES string of the molecule is COc1ccc([C@H](N)CCC(F)(F)F)c(OC)c1OC.Cl. The molecule has 122 valence electrons. The van der Waals surface area contributed by atoms with E-state index < -0.39 is 18.6 Å². The Hall–Kier alpha value is -1.34. The van der Waals surface area contributed by atoms with Gasteiger partial charge in [0.25, 0.3) is 0 Å². The molecule has 0 unspecified atom stereocenters. The quantitative estimate of drug-likeness (QED) is 0.868. The van der Waals surface area contributed by atoms with Crippen LogP contribution in [0.2, 0.25) is 0 Å². The summed E-state index contributed by atoms with van der Waals surface area (Å²) in [5, 5.41) is 0. The van der Waals surface area contributed by atoms with E-state index in [1.165, 1.54) is 21.3 Å². The molecule has 0 aliphatic carbocycles. The minimum Gasteiger partial charge on any atom is -0.493 e. The number of halogens is 4. The molecule has 1 aromatic carbocycles. The van der Waals surface area contributed by atoms with Gasteiger partial charge in [-0.2, -0.15) is 13.2 Å². The van der Waals surface area contributed by atoms with Crippen molar-refractivity contribution in [3.05, 3.63) is 17.7 Å². The van der Waals surface area contributed by atoms with Crippen LogP contribution in [0.4, 0.5) is 13.2 Å². The summed E-state index contributed by atoms with van der Waals surface area (Å²) >= 11 is 0. The molecule has 4 nitrogen and oxygen atoms in total. The molecule has 0 heterocycles. The maximum absolute atomic E-state index is 12.2. The van der Waals surface area contributed by atoms with Crippen molar-refractivity contribution in [3.8, 4) is 17.2 Å². The second-order valence-electron chi connectivity index (χ2n) is 4.18. The van der Waals surface area contributed by atoms with Gasteiger partial charge in [0.15, 0.2) is 11.5 Å². The van der Waals surface area contributed by atoms with Gasteiger partial charge in [0.1, 0.15) is 0 Å². The number of benzene rings is 1. The second kappa shape index (κ2) is 8.19. The van der Waals surface area contributed by atoms with Gasteiger partial charge >= 0.3 is 6.18 Å². The summed E-state index contributed by atoms with van der Waals surface area (Å²) < 4.78 is 52.2. The average Bonchev–Trinajstić information content (AvgIpc) is 2.41. The minimum atomic E-state index is -4.23. The standard InChI is InChI=1S/C13H18F3NO3.ClH/c1-18-10-5-4-8(11(19-2)12(10)20-3)9(17)6-7-13(14,15)16;/h4-5,9H,6-7,17H2,1-3H3;1H/t9-;/m1./s1. The van der Waals surface area contributed by atoms with Gasteiger partial charge in [-0.15, -0.1) is 12.4 Å². The molecular weight excluding hydrogens is 311 g/mol. The highest BCUT2D eigenvalue weighted by Gasteiger charge is 2.29. The number of nitrogens with two attached hydrogens (primary N) is 1. The molecule has 0 saturated carbocycles. The largest absolute Gasteiger partial charge is 0.493 e. The van der Waals surface area contributed by atoms with E-state index >= 15 is 0 Å². The highest BCUT2D eigenvalue weighted by Crippen LogP contribution is 2.42. The Bertz CT molecular complexity index is 455. The van der Waals surface area contributed by atoms with E-state index in [2.05, 4.69) is 0 Å². The van der Waals surface area contributed by atoms with Gasteiger partial charge in [-0.1, -0.05) is 0 Å². The first-order valence-corrected chi connectivity index (χ1v) is 5.95. The summed E-state index contributed by atoms with van der Waals surface area (Å²) in [5.41, 5.74) is 6.27. The number of ether oxygens (including phenoxy) is 3. The van der Waals surface area contributed by atoms with E-state index in [1.54, 1.807) is 12.1 Å². The molecule has 0 saturated heterocycles. The Balaban J connectivity index is 0.00000400. The summed E-state index contributed by atoms with van der Waals surface area (Å²) in [6.07, 6.45) is -5.41. The molecule has 0 bridgehead atoms. The van der Waals surface area contributed by atoms with Crippen LogP contribution in [0.5, 0.6) is 17.2 Å². The predicted octanol–water partition coefficient (Wildman–Crippen LogP) is 3.48. The van der Waals surface area contributed by atoms with Gasteiger partial charge in [-0.25, -0.2) is 0 Å². The fraction of sp³-hybridized carbons (Fsp3) is 0.538. The first-order chi connectivity index (χ1) is 9.34. The van der Waals surface area contributed by atoms with Crippen molar-refractivity contribution in [2.45, 2.75) is 25.1 Å². The van der Waals surface area contributed by atoms with Crippen LogP contribution in [-0.2, 0) is 0 Å². The van der Waals surface area contributed by atoms with Crippen molar-refractivity contribution < 1.29 is 27.4 Å². The molecule has 0 aromatic heterocycles. The van der Waals surface area contributed by atoms with Crippen molar-refractivity contribution in [2.24, 2.45) is 5.73 Å². The number of rotatable bonds is 6. The van der Waals surface area contributed by atoms with Crippen LogP contribution in [0.15, 0.2) is 12.1 Å². The fourth-order valence-corrected chi connectivity index (χ4v) is 1.89. The molecule has 0 radical (unpaired) electrons. The van der Waals surface area contributed by atoms with Gasteiger partial charge in [-0.05, 0) is 18.6 Å². The van der Waals surface area contributed by atoms with Crippen LogP contribution in [0.3, 0.4) is 0 Å². The maximum Gasteiger partial charge on any atom is 0.389 e. The summed E-state index contributed by atoms with van der Waals surface area (Å²) in [6, 6.07) is 2.37. The Morgan fingerprint density at radius 1 is 1.05 bits per heavy atom. The molecule has 21 heavy (non-hydrogen) atoms. The Morgan fingerprint density at radius 3 is 2.05 bits per heavy atom. The van der Waals surface area contributed by atoms with Crippen molar-refractivity contribution in [2.75, 3.05) is 21.3 Å². The van der Waals surface area contributed by atoms with E-state index in [4.69, 9.17) is 19.9 Å². The maximum atomic E-state index is 12.2. The minimum absolute atomic E-state index is 0. The Kier molecular flexibility index (Phi) is 7.67. The molecule has 8 heteroatoms. The summed E-state index contributed by atoms with van der Waals surface area (Å²) in [4.78, 5) is 0. The highest BCUT2D eigenvalue weighted by molar-refractivity contribution is 5.85. The zero-order valence-corrected chi connectivity index (χ0v) is 12.8. The molecule has 0 amide bonds. The Morgan fingerprint density at radius 2 is 1.62 bits per heavy atom. The molecule has 0 fully saturated rings. The van der Waals surface area contributed by atoms with Crippen molar-refractivity contribution >= 4 is 12.4 Å². The lowest BCUT2D eigenvalue weighted by molar-refractivity contribution is -0.136. The third-order valence-electron chi connectivity index (χ3n) is 2.87. The van der Waals surface area contributed by atoms with E-state index in [0.717, 1.165) is 0 Å². The van der Waals surface area contributed by atoms with Crippen LogP contribution in [0, 0.1) is 0 Å². The van der Waals surface area contributed by atoms with Crippen LogP contribution >= 0.6 is 12.4 Å². The Labute approximate surface area is 127 Å². The molecule has 1 atom stereocenters. The van der Waals surface area contributed by atoms with E-state index in [-0.39, 0.29) is 18.8 Å². The molecule has 0 aliphatic heterocycles. The van der Waals surface area contributed by atoms with Crippen molar-refractivity contribution in [1.82, 2.24) is 0 Å². The topological polar surface area (TPSA) is 53.7 Å². The normalized spacial score (nSPS) is 12.3. The van der Waals surface area contributed by atoms with Gasteiger partial charge < -0.3 is 19.9 Å². The lowest BCUT2D eigenvalue weighted by Crippen LogP contribution is -2.16. The number of hydrogen-bond donors (Lipinski definition) is 1. The van der Waals surface area contributed by atoms with Gasteiger partial charge in [0, 0.05) is 18.0 Å². The molecular formula is C13H19ClF3NO3. The van der Waals surface area contributed by atoms with Gasteiger partial charge in [-0.3, -0.25) is 0 Å². The first kappa shape index (κ1) is 19.7. The fourth-order valence-electron chi connectivity index (χ4n) is 1.89. The zero-order chi connectivity index (χ0) is 15.3. The molecule has 2 N–H and O–H groups in total. The smallest absolute Gasteiger partial charge is 0.389 e. The van der Waals surface area contributed by atoms with Crippen LogP contribution in [-0.4, -0.2) is 27.5 Å². The van der Waals surface area contributed by atoms with Crippen molar-refractivity contribution in [1.29, 1.82) is 0 Å². The third-order valence-corrected chi connectivity index (χ3v) is 2.87. The second-order valence-corrected chi connectivity index (χ2v) is 4.18. The van der Waals surface area contributed by atoms with Crippen LogP contribution in [0.25, 0.3) is 0 Å². The number of alkyl halides is 3. The predicted molar refractivity (Wildman–Crippen MR) is 75.6 cm³/mol. The molecule has 0 spiro atoms. The molecule has 1 aromatic rings. The van der Waals surface area contributed by atoms with Gasteiger partial charge in [0.05, 0.1) is 21.3 Å². The lowest BCUT2D eigenvalue weighted by atomic mass is 10.0. The highest BCUT2D eigenvalue weighted by atomic mass is 35.5. The van der Waals surface area contributed by atoms with Gasteiger partial charge in [0.2, 0.25) is 5.75 Å². The summed E-state index contributed by atoms with van der Waals surface area (Å²) in [5.74, 6) is 1.03. The van der Waals surface area contributed by atoms with E-state index in [9.17, 15) is 13.2 Å². The number of methoxy groups -OCH3 is 3. The van der Waals surface area contributed by atoms with E-state index in [1.807, 2.05) is 0 Å². The summed E-state index contributed by atoms with van der Waals surface area (Å²) in [7, 11) is 4.28. The third kappa shape index (κ3) is 5.17. The lowest BCUT2D eigenvalue weighted by Gasteiger charge is -2.20. The van der Waals surface area contributed by atoms with Crippen LogP contribution in [0.1, 0.15) is 24.4 Å². The van der Waals surface area contributed by atoms with E-state index in [0.29, 0.717) is 22.8 Å². The molecule has 0 aliphatic rings.